The number of thiazole rings is 1. The molecule has 2 aromatic heterocycles. The molecule has 2 heterocycles. The van der Waals surface area contributed by atoms with Gasteiger partial charge in [0.1, 0.15) is 0 Å². The molecule has 3 aromatic rings. The lowest BCUT2D eigenvalue weighted by molar-refractivity contribution is 0.590. The molecule has 0 fully saturated rings. The summed E-state index contributed by atoms with van der Waals surface area (Å²) in [5, 5.41) is 11.2. The molecule has 3 nitrogen and oxygen atoms in total. The van der Waals surface area contributed by atoms with Gasteiger partial charge in [-0.15, -0.1) is 11.3 Å². The van der Waals surface area contributed by atoms with E-state index in [4.69, 9.17) is 5.26 Å². The normalized spacial score (nSPS) is 11.8. The lowest BCUT2D eigenvalue weighted by Gasteiger charge is -2.19. The lowest BCUT2D eigenvalue weighted by Crippen LogP contribution is -2.10. The van der Waals surface area contributed by atoms with Crippen molar-refractivity contribution in [1.82, 2.24) is 9.38 Å². The molecular formula is C18H19N3S. The summed E-state index contributed by atoms with van der Waals surface area (Å²) >= 11 is 1.62. The Labute approximate surface area is 134 Å². The number of benzene rings is 1. The van der Waals surface area contributed by atoms with Gasteiger partial charge in [0.05, 0.1) is 29.6 Å². The van der Waals surface area contributed by atoms with Crippen molar-refractivity contribution in [2.24, 2.45) is 0 Å². The first kappa shape index (κ1) is 14.8. The zero-order chi connectivity index (χ0) is 15.9. The maximum Gasteiger partial charge on any atom is 0.194 e. The van der Waals surface area contributed by atoms with Crippen molar-refractivity contribution in [3.63, 3.8) is 0 Å². The first-order valence-electron chi connectivity index (χ1n) is 7.35. The van der Waals surface area contributed by atoms with Crippen LogP contribution in [0.15, 0.2) is 29.6 Å². The summed E-state index contributed by atoms with van der Waals surface area (Å²) in [4.78, 5) is 5.52. The van der Waals surface area contributed by atoms with Crippen molar-refractivity contribution >= 4 is 16.3 Å². The van der Waals surface area contributed by atoms with E-state index in [-0.39, 0.29) is 5.41 Å². The number of imidazole rings is 1. The fourth-order valence-electron chi connectivity index (χ4n) is 2.64. The second kappa shape index (κ2) is 5.26. The van der Waals surface area contributed by atoms with Gasteiger partial charge < -0.3 is 0 Å². The van der Waals surface area contributed by atoms with Crippen LogP contribution < -0.4 is 0 Å². The molecule has 0 unspecified atom stereocenters. The minimum Gasteiger partial charge on any atom is -0.286 e. The van der Waals surface area contributed by atoms with Gasteiger partial charge in [-0.25, -0.2) is 4.98 Å². The highest BCUT2D eigenvalue weighted by atomic mass is 32.1. The molecule has 0 spiro atoms. The topological polar surface area (TPSA) is 41.1 Å². The van der Waals surface area contributed by atoms with Crippen molar-refractivity contribution in [3.05, 3.63) is 46.6 Å². The number of nitriles is 1. The van der Waals surface area contributed by atoms with Crippen molar-refractivity contribution in [2.75, 3.05) is 0 Å². The Hall–Kier alpha value is -2.12. The Bertz CT molecular complexity index is 855. The second-order valence-electron chi connectivity index (χ2n) is 6.55. The fourth-order valence-corrected chi connectivity index (χ4v) is 3.61. The highest BCUT2D eigenvalue weighted by molar-refractivity contribution is 7.15. The Morgan fingerprint density at radius 1 is 1.23 bits per heavy atom. The summed E-state index contributed by atoms with van der Waals surface area (Å²) in [6, 6.07) is 10.9. The molecule has 0 saturated heterocycles. The number of hydrogen-bond donors (Lipinski definition) is 0. The van der Waals surface area contributed by atoms with E-state index < -0.39 is 0 Å². The molecule has 0 aliphatic rings. The van der Waals surface area contributed by atoms with Crippen molar-refractivity contribution in [1.29, 1.82) is 5.26 Å². The number of hydrogen-bond acceptors (Lipinski definition) is 3. The van der Waals surface area contributed by atoms with Gasteiger partial charge in [0.25, 0.3) is 0 Å². The van der Waals surface area contributed by atoms with Crippen molar-refractivity contribution < 1.29 is 0 Å². The van der Waals surface area contributed by atoms with Crippen molar-refractivity contribution in [2.45, 2.75) is 39.5 Å². The zero-order valence-electron chi connectivity index (χ0n) is 13.3. The molecule has 0 N–H and O–H groups in total. The highest BCUT2D eigenvalue weighted by Crippen LogP contribution is 2.31. The molecule has 0 saturated carbocycles. The predicted octanol–water partition coefficient (Wildman–Crippen LogP) is 4.73. The summed E-state index contributed by atoms with van der Waals surface area (Å²) in [6.07, 6.45) is 0.386. The van der Waals surface area contributed by atoms with E-state index in [1.54, 1.807) is 11.3 Å². The maximum atomic E-state index is 9.06. The molecule has 3 rings (SSSR count). The van der Waals surface area contributed by atoms with Crippen LogP contribution in [0.2, 0.25) is 0 Å². The number of aryl methyl sites for hydroxylation is 1. The van der Waals surface area contributed by atoms with Crippen LogP contribution in [0.4, 0.5) is 0 Å². The van der Waals surface area contributed by atoms with Gasteiger partial charge in [0, 0.05) is 5.38 Å². The maximum absolute atomic E-state index is 9.06. The summed E-state index contributed by atoms with van der Waals surface area (Å²) in [5.41, 5.74) is 5.69. The number of fused-ring (bicyclic) bond motifs is 1. The van der Waals surface area contributed by atoms with Gasteiger partial charge in [-0.1, -0.05) is 45.0 Å². The monoisotopic (exact) mass is 309 g/mol. The van der Waals surface area contributed by atoms with Crippen LogP contribution >= 0.6 is 11.3 Å². The van der Waals surface area contributed by atoms with Gasteiger partial charge in [-0.2, -0.15) is 5.26 Å². The lowest BCUT2D eigenvalue weighted by atomic mass is 9.86. The van der Waals surface area contributed by atoms with Gasteiger partial charge in [-0.05, 0) is 23.5 Å². The van der Waals surface area contributed by atoms with Gasteiger partial charge >= 0.3 is 0 Å². The molecule has 112 valence electrons. The van der Waals surface area contributed by atoms with Crippen molar-refractivity contribution in [3.8, 4) is 17.3 Å². The van der Waals surface area contributed by atoms with E-state index in [1.165, 1.54) is 5.56 Å². The van der Waals surface area contributed by atoms with Crippen LogP contribution in [0, 0.1) is 18.3 Å². The van der Waals surface area contributed by atoms with E-state index in [0.29, 0.717) is 6.42 Å². The van der Waals surface area contributed by atoms with E-state index in [1.807, 2.05) is 6.92 Å². The third-order valence-corrected chi connectivity index (χ3v) is 4.78. The second-order valence-corrected chi connectivity index (χ2v) is 7.38. The van der Waals surface area contributed by atoms with Crippen LogP contribution in [0.5, 0.6) is 0 Å². The molecule has 0 bridgehead atoms. The van der Waals surface area contributed by atoms with Crippen LogP contribution in [0.3, 0.4) is 0 Å². The molecule has 1 aromatic carbocycles. The largest absolute Gasteiger partial charge is 0.286 e. The van der Waals surface area contributed by atoms with Crippen LogP contribution in [0.25, 0.3) is 16.2 Å². The first-order chi connectivity index (χ1) is 10.4. The Balaban J connectivity index is 2.12. The quantitative estimate of drug-likeness (QED) is 0.686. The third-order valence-electron chi connectivity index (χ3n) is 3.95. The zero-order valence-corrected chi connectivity index (χ0v) is 14.2. The third kappa shape index (κ3) is 2.42. The SMILES string of the molecule is Cc1nc2scc(-c3ccc(C(C)(C)C)cc3)n2c1CC#N. The molecule has 0 aliphatic carbocycles. The average Bonchev–Trinajstić information content (AvgIpc) is 2.99. The van der Waals surface area contributed by atoms with Crippen LogP contribution in [-0.4, -0.2) is 9.38 Å². The summed E-state index contributed by atoms with van der Waals surface area (Å²) in [6.45, 7) is 8.62. The number of nitrogens with zero attached hydrogens (tertiary/aromatic N) is 3. The predicted molar refractivity (Wildman–Crippen MR) is 91.3 cm³/mol. The number of aromatic nitrogens is 2. The smallest absolute Gasteiger partial charge is 0.194 e. The van der Waals surface area contributed by atoms with Gasteiger partial charge in [0.2, 0.25) is 0 Å². The van der Waals surface area contributed by atoms with Gasteiger partial charge in [0.15, 0.2) is 4.96 Å². The Kier molecular flexibility index (Phi) is 3.54. The van der Waals surface area contributed by atoms with E-state index >= 15 is 0 Å². The average molecular weight is 309 g/mol. The Morgan fingerprint density at radius 3 is 2.50 bits per heavy atom. The fraction of sp³-hybridized carbons (Fsp3) is 0.333. The Morgan fingerprint density at radius 2 is 1.91 bits per heavy atom. The molecular weight excluding hydrogens is 290 g/mol. The first-order valence-corrected chi connectivity index (χ1v) is 8.23. The molecule has 0 radical (unpaired) electrons. The van der Waals surface area contributed by atoms with Gasteiger partial charge in [-0.3, -0.25) is 4.40 Å². The van der Waals surface area contributed by atoms with E-state index in [0.717, 1.165) is 27.6 Å². The minimum atomic E-state index is 0.153. The van der Waals surface area contributed by atoms with E-state index in [2.05, 4.69) is 65.9 Å². The van der Waals surface area contributed by atoms with E-state index in [9.17, 15) is 0 Å². The highest BCUT2D eigenvalue weighted by Gasteiger charge is 2.17. The number of rotatable bonds is 2. The minimum absolute atomic E-state index is 0.153. The molecule has 0 amide bonds. The molecule has 0 aliphatic heterocycles. The van der Waals surface area contributed by atoms with Crippen LogP contribution in [0.1, 0.15) is 37.7 Å². The standard InChI is InChI=1S/C18H19N3S/c1-12-15(9-10-19)21-16(11-22-17(21)20-12)13-5-7-14(8-6-13)18(2,3)4/h5-8,11H,9H2,1-4H3. The molecule has 0 atom stereocenters. The molecule has 4 heteroatoms. The van der Waals surface area contributed by atoms with Crippen LogP contribution in [-0.2, 0) is 11.8 Å². The molecule has 22 heavy (non-hydrogen) atoms. The summed E-state index contributed by atoms with van der Waals surface area (Å²) < 4.78 is 2.12. The summed E-state index contributed by atoms with van der Waals surface area (Å²) in [5.74, 6) is 0. The summed E-state index contributed by atoms with van der Waals surface area (Å²) in [7, 11) is 0.